The van der Waals surface area contributed by atoms with Crippen LogP contribution in [0.2, 0.25) is 5.02 Å². The molecule has 2 aromatic carbocycles. The van der Waals surface area contributed by atoms with E-state index >= 15 is 0 Å². The summed E-state index contributed by atoms with van der Waals surface area (Å²) < 4.78 is 14.4. The van der Waals surface area contributed by atoms with Crippen LogP contribution in [-0.2, 0) is 0 Å². The highest BCUT2D eigenvalue weighted by Gasteiger charge is 2.13. The summed E-state index contributed by atoms with van der Waals surface area (Å²) in [5, 5.41) is 3.68. The molecule has 0 aromatic heterocycles. The molecule has 0 aliphatic carbocycles. The van der Waals surface area contributed by atoms with Crippen LogP contribution in [0.15, 0.2) is 40.9 Å². The molecule has 0 aliphatic rings. The molecule has 1 atom stereocenters. The van der Waals surface area contributed by atoms with E-state index in [9.17, 15) is 4.39 Å². The fraction of sp³-hybridized carbons (Fsp3) is 0.200. The first-order valence-electron chi connectivity index (χ1n) is 6.18. The summed E-state index contributed by atoms with van der Waals surface area (Å²) in [4.78, 5) is 0. The lowest BCUT2D eigenvalue weighted by atomic mass is 10.1. The van der Waals surface area contributed by atoms with Gasteiger partial charge in [-0.3, -0.25) is 0 Å². The van der Waals surface area contributed by atoms with Crippen LogP contribution < -0.4 is 11.1 Å². The minimum atomic E-state index is -0.365. The van der Waals surface area contributed by atoms with Gasteiger partial charge in [0, 0.05) is 21.7 Å². The molecule has 0 saturated carbocycles. The predicted molar refractivity (Wildman–Crippen MR) is 85.7 cm³/mol. The Hall–Kier alpha value is -1.10. The van der Waals surface area contributed by atoms with Crippen LogP contribution in [0.1, 0.15) is 17.2 Å². The molecule has 20 heavy (non-hydrogen) atoms. The molecule has 0 fully saturated rings. The molecule has 2 rings (SSSR count). The van der Waals surface area contributed by atoms with Crippen LogP contribution in [0, 0.1) is 12.7 Å². The average molecular weight is 358 g/mol. The lowest BCUT2D eigenvalue weighted by Crippen LogP contribution is -2.21. The molecule has 0 heterocycles. The number of nitrogens with two attached hydrogens (primary N) is 1. The topological polar surface area (TPSA) is 38.0 Å². The van der Waals surface area contributed by atoms with Crippen molar-refractivity contribution in [1.29, 1.82) is 0 Å². The van der Waals surface area contributed by atoms with E-state index in [-0.39, 0.29) is 11.9 Å². The van der Waals surface area contributed by atoms with Gasteiger partial charge in [0.25, 0.3) is 0 Å². The van der Waals surface area contributed by atoms with Crippen molar-refractivity contribution in [2.45, 2.75) is 13.0 Å². The van der Waals surface area contributed by atoms with E-state index in [1.54, 1.807) is 6.07 Å². The molecule has 106 valence electrons. The third-order valence-corrected chi connectivity index (χ3v) is 3.88. The van der Waals surface area contributed by atoms with E-state index in [1.165, 1.54) is 12.1 Å². The van der Waals surface area contributed by atoms with E-state index in [4.69, 9.17) is 17.3 Å². The monoisotopic (exact) mass is 356 g/mol. The van der Waals surface area contributed by atoms with Crippen molar-refractivity contribution in [2.24, 2.45) is 5.73 Å². The molecule has 0 bridgehead atoms. The van der Waals surface area contributed by atoms with Gasteiger partial charge in [0.1, 0.15) is 5.82 Å². The predicted octanol–water partition coefficient (Wildman–Crippen LogP) is 4.66. The Balaban J connectivity index is 2.30. The van der Waals surface area contributed by atoms with Gasteiger partial charge in [0.15, 0.2) is 0 Å². The molecular weight excluding hydrogens is 343 g/mol. The maximum absolute atomic E-state index is 13.4. The third kappa shape index (κ3) is 3.72. The maximum atomic E-state index is 13.4. The van der Waals surface area contributed by atoms with Crippen molar-refractivity contribution in [2.75, 3.05) is 11.9 Å². The van der Waals surface area contributed by atoms with Crippen molar-refractivity contribution < 1.29 is 4.39 Å². The van der Waals surface area contributed by atoms with Crippen molar-refractivity contribution in [3.8, 4) is 0 Å². The van der Waals surface area contributed by atoms with Crippen molar-refractivity contribution in [1.82, 2.24) is 0 Å². The van der Waals surface area contributed by atoms with Gasteiger partial charge in [-0.05, 0) is 64.3 Å². The van der Waals surface area contributed by atoms with Gasteiger partial charge in [-0.2, -0.15) is 0 Å². The Morgan fingerprint density at radius 3 is 2.70 bits per heavy atom. The van der Waals surface area contributed by atoms with E-state index < -0.39 is 0 Å². The summed E-state index contributed by atoms with van der Waals surface area (Å²) in [6.45, 7) is 2.34. The van der Waals surface area contributed by atoms with E-state index in [0.717, 1.165) is 21.3 Å². The second kappa shape index (κ2) is 6.57. The van der Waals surface area contributed by atoms with Gasteiger partial charge in [0.2, 0.25) is 0 Å². The molecule has 2 nitrogen and oxygen atoms in total. The van der Waals surface area contributed by atoms with Gasteiger partial charge in [-0.25, -0.2) is 4.39 Å². The minimum absolute atomic E-state index is 0.207. The molecule has 0 saturated heterocycles. The van der Waals surface area contributed by atoms with Crippen molar-refractivity contribution >= 4 is 33.2 Å². The molecule has 3 N–H and O–H groups in total. The first kappa shape index (κ1) is 15.3. The van der Waals surface area contributed by atoms with E-state index in [2.05, 4.69) is 21.2 Å². The summed E-state index contributed by atoms with van der Waals surface area (Å²) in [5.74, 6) is -0.365. The molecule has 5 heteroatoms. The van der Waals surface area contributed by atoms with Crippen LogP contribution in [0.25, 0.3) is 0 Å². The Morgan fingerprint density at radius 2 is 2.05 bits per heavy atom. The molecular formula is C15H15BrClFN2. The number of aryl methyl sites for hydroxylation is 1. The Morgan fingerprint density at radius 1 is 1.30 bits per heavy atom. The highest BCUT2D eigenvalue weighted by Crippen LogP contribution is 2.28. The first-order valence-corrected chi connectivity index (χ1v) is 7.35. The first-order chi connectivity index (χ1) is 9.49. The number of halogens is 3. The van der Waals surface area contributed by atoms with Gasteiger partial charge in [-0.15, -0.1) is 0 Å². The lowest BCUT2D eigenvalue weighted by Gasteiger charge is -2.20. The Bertz CT molecular complexity index is 599. The molecule has 2 aromatic rings. The van der Waals surface area contributed by atoms with Gasteiger partial charge in [0.05, 0.1) is 6.04 Å². The molecule has 0 aliphatic heterocycles. The van der Waals surface area contributed by atoms with Crippen LogP contribution in [0.4, 0.5) is 10.1 Å². The van der Waals surface area contributed by atoms with Gasteiger partial charge in [-0.1, -0.05) is 17.7 Å². The smallest absolute Gasteiger partial charge is 0.125 e. The zero-order valence-electron chi connectivity index (χ0n) is 11.0. The third-order valence-electron chi connectivity index (χ3n) is 2.97. The van der Waals surface area contributed by atoms with Crippen LogP contribution in [-0.4, -0.2) is 6.54 Å². The zero-order chi connectivity index (χ0) is 14.7. The SMILES string of the molecule is Cc1ccc(Br)c(NC(CN)c2cc(F)cc(Cl)c2)c1. The number of anilines is 1. The van der Waals surface area contributed by atoms with Gasteiger partial charge < -0.3 is 11.1 Å². The standard InChI is InChI=1S/C15H15BrClFN2/c1-9-2-3-13(16)14(4-9)20-15(8-19)10-5-11(17)7-12(18)6-10/h2-7,15,20H,8,19H2,1H3. The van der Waals surface area contributed by atoms with Crippen LogP contribution in [0.3, 0.4) is 0 Å². The van der Waals surface area contributed by atoms with E-state index in [1.807, 2.05) is 25.1 Å². The number of rotatable bonds is 4. The highest BCUT2D eigenvalue weighted by molar-refractivity contribution is 9.10. The molecule has 0 amide bonds. The normalized spacial score (nSPS) is 12.2. The second-order valence-corrected chi connectivity index (χ2v) is 5.91. The lowest BCUT2D eigenvalue weighted by molar-refractivity contribution is 0.622. The summed E-state index contributed by atoms with van der Waals surface area (Å²) >= 11 is 9.38. The van der Waals surface area contributed by atoms with Crippen molar-refractivity contribution in [3.63, 3.8) is 0 Å². The zero-order valence-corrected chi connectivity index (χ0v) is 13.3. The minimum Gasteiger partial charge on any atom is -0.376 e. The maximum Gasteiger partial charge on any atom is 0.125 e. The number of nitrogens with one attached hydrogen (secondary N) is 1. The highest BCUT2D eigenvalue weighted by atomic mass is 79.9. The van der Waals surface area contributed by atoms with Crippen LogP contribution in [0.5, 0.6) is 0 Å². The second-order valence-electron chi connectivity index (χ2n) is 4.62. The number of hydrogen-bond acceptors (Lipinski definition) is 2. The Labute approximate surface area is 131 Å². The largest absolute Gasteiger partial charge is 0.376 e. The molecule has 0 spiro atoms. The summed E-state index contributed by atoms with van der Waals surface area (Å²) in [7, 11) is 0. The quantitative estimate of drug-likeness (QED) is 0.835. The summed E-state index contributed by atoms with van der Waals surface area (Å²) in [6, 6.07) is 10.2. The average Bonchev–Trinajstić information content (AvgIpc) is 2.38. The molecule has 1 unspecified atom stereocenters. The molecule has 0 radical (unpaired) electrons. The fourth-order valence-corrected chi connectivity index (χ4v) is 2.58. The Kier molecular flexibility index (Phi) is 5.02. The van der Waals surface area contributed by atoms with Crippen LogP contribution >= 0.6 is 27.5 Å². The fourth-order valence-electron chi connectivity index (χ4n) is 1.99. The van der Waals surface area contributed by atoms with Crippen molar-refractivity contribution in [3.05, 3.63) is 62.8 Å². The number of hydrogen-bond donors (Lipinski definition) is 2. The summed E-state index contributed by atoms with van der Waals surface area (Å²) in [5.41, 5.74) is 8.57. The number of benzene rings is 2. The van der Waals surface area contributed by atoms with Gasteiger partial charge >= 0.3 is 0 Å². The van der Waals surface area contributed by atoms with E-state index in [0.29, 0.717) is 11.6 Å². The summed E-state index contributed by atoms with van der Waals surface area (Å²) in [6.07, 6.45) is 0.